The van der Waals surface area contributed by atoms with Crippen LogP contribution in [-0.4, -0.2) is 32.1 Å². The van der Waals surface area contributed by atoms with Crippen LogP contribution < -0.4 is 15.4 Å². The molecule has 1 aromatic carbocycles. The molecule has 0 saturated heterocycles. The van der Waals surface area contributed by atoms with E-state index < -0.39 is 0 Å². The Bertz CT molecular complexity index is 496. The van der Waals surface area contributed by atoms with E-state index in [2.05, 4.69) is 37.5 Å². The quantitative estimate of drug-likeness (QED) is 0.715. The van der Waals surface area contributed by atoms with Gasteiger partial charge in [-0.2, -0.15) is 0 Å². The van der Waals surface area contributed by atoms with Crippen LogP contribution in [0.5, 0.6) is 5.75 Å². The molecule has 1 saturated carbocycles. The molecule has 0 spiro atoms. The number of carbonyl (C=O) groups is 1. The monoisotopic (exact) mass is 340 g/mol. The number of rotatable bonds is 8. The van der Waals surface area contributed by atoms with Crippen molar-refractivity contribution in [3.8, 4) is 5.75 Å². The first-order valence-electron chi connectivity index (χ1n) is 8.16. The van der Waals surface area contributed by atoms with Gasteiger partial charge < -0.3 is 15.4 Å². The van der Waals surface area contributed by atoms with Crippen molar-refractivity contribution < 1.29 is 9.53 Å². The Morgan fingerprint density at radius 2 is 1.96 bits per heavy atom. The van der Waals surface area contributed by atoms with E-state index in [0.29, 0.717) is 19.7 Å². The van der Waals surface area contributed by atoms with Gasteiger partial charge in [0.2, 0.25) is 5.91 Å². The molecular weight excluding hydrogens is 312 g/mol. The number of amides is 1. The summed E-state index contributed by atoms with van der Waals surface area (Å²) in [7, 11) is 0. The number of halogens is 1. The molecule has 1 aliphatic carbocycles. The van der Waals surface area contributed by atoms with Gasteiger partial charge in [-0.3, -0.25) is 4.79 Å². The molecule has 2 rings (SSSR count). The minimum atomic E-state index is 0. The molecule has 1 amide bonds. The summed E-state index contributed by atoms with van der Waals surface area (Å²) in [5.74, 6) is 1.73. The van der Waals surface area contributed by atoms with Crippen molar-refractivity contribution in [2.45, 2.75) is 39.0 Å². The molecule has 1 fully saturated rings. The predicted octanol–water partition coefficient (Wildman–Crippen LogP) is 2.90. The van der Waals surface area contributed by atoms with Gasteiger partial charge in [-0.25, -0.2) is 0 Å². The van der Waals surface area contributed by atoms with Crippen molar-refractivity contribution in [3.63, 3.8) is 0 Å². The minimum Gasteiger partial charge on any atom is -0.491 e. The van der Waals surface area contributed by atoms with Gasteiger partial charge in [-0.15, -0.1) is 12.4 Å². The average Bonchev–Trinajstić information content (AvgIpc) is 3.27. The lowest BCUT2D eigenvalue weighted by molar-refractivity contribution is -0.120. The van der Waals surface area contributed by atoms with E-state index in [1.165, 1.54) is 18.4 Å². The Hall–Kier alpha value is -1.26. The van der Waals surface area contributed by atoms with Crippen molar-refractivity contribution in [1.29, 1.82) is 0 Å². The van der Waals surface area contributed by atoms with Gasteiger partial charge in [0.1, 0.15) is 12.4 Å². The van der Waals surface area contributed by atoms with E-state index in [-0.39, 0.29) is 23.7 Å². The molecule has 0 radical (unpaired) electrons. The zero-order valence-electron chi connectivity index (χ0n) is 14.4. The summed E-state index contributed by atoms with van der Waals surface area (Å²) >= 11 is 0. The fraction of sp³-hybridized carbons (Fsp3) is 0.611. The van der Waals surface area contributed by atoms with Crippen molar-refractivity contribution in [1.82, 2.24) is 10.6 Å². The summed E-state index contributed by atoms with van der Waals surface area (Å²) < 4.78 is 5.83. The minimum absolute atomic E-state index is 0. The molecule has 0 heterocycles. The molecule has 0 atom stereocenters. The van der Waals surface area contributed by atoms with Crippen LogP contribution in [0.3, 0.4) is 0 Å². The summed E-state index contributed by atoms with van der Waals surface area (Å²) in [6.07, 6.45) is 2.60. The Balaban J connectivity index is 0.00000264. The number of benzene rings is 1. The van der Waals surface area contributed by atoms with Gasteiger partial charge in [-0.05, 0) is 42.3 Å². The summed E-state index contributed by atoms with van der Waals surface area (Å²) in [5.41, 5.74) is 1.24. The number of ether oxygens (including phenoxy) is 1. The highest BCUT2D eigenvalue weighted by molar-refractivity contribution is 5.85. The number of nitrogens with one attached hydrogen (secondary N) is 2. The summed E-state index contributed by atoms with van der Waals surface area (Å²) in [4.78, 5) is 11.7. The van der Waals surface area contributed by atoms with Crippen LogP contribution in [-0.2, 0) is 10.2 Å². The number of hydrogen-bond acceptors (Lipinski definition) is 3. The molecule has 0 unspecified atom stereocenters. The third-order valence-electron chi connectivity index (χ3n) is 3.79. The lowest BCUT2D eigenvalue weighted by atomic mass is 9.86. The Morgan fingerprint density at radius 1 is 1.26 bits per heavy atom. The molecule has 1 aromatic rings. The highest BCUT2D eigenvalue weighted by Crippen LogP contribution is 2.30. The first kappa shape index (κ1) is 19.8. The van der Waals surface area contributed by atoms with E-state index in [1.54, 1.807) is 0 Å². The van der Waals surface area contributed by atoms with Gasteiger partial charge in [0, 0.05) is 0 Å². The SMILES string of the molecule is CC(C)(C)c1ccccc1OCCNC(=O)CNCC1CC1.Cl. The lowest BCUT2D eigenvalue weighted by Gasteiger charge is -2.22. The highest BCUT2D eigenvalue weighted by Gasteiger charge is 2.20. The van der Waals surface area contributed by atoms with Gasteiger partial charge in [0.05, 0.1) is 13.1 Å². The number of para-hydroxylation sites is 1. The summed E-state index contributed by atoms with van der Waals surface area (Å²) in [6.45, 7) is 8.88. The van der Waals surface area contributed by atoms with Crippen molar-refractivity contribution in [2.24, 2.45) is 5.92 Å². The largest absolute Gasteiger partial charge is 0.491 e. The topological polar surface area (TPSA) is 50.4 Å². The second-order valence-electron chi connectivity index (χ2n) is 7.02. The van der Waals surface area contributed by atoms with Crippen LogP contribution in [0.1, 0.15) is 39.2 Å². The number of carbonyl (C=O) groups excluding carboxylic acids is 1. The normalized spacial score (nSPS) is 14.0. The molecule has 1 aliphatic rings. The van der Waals surface area contributed by atoms with Crippen LogP contribution in [0.15, 0.2) is 24.3 Å². The molecule has 4 nitrogen and oxygen atoms in total. The van der Waals surface area contributed by atoms with Crippen LogP contribution in [0.25, 0.3) is 0 Å². The van der Waals surface area contributed by atoms with Crippen molar-refractivity contribution in [2.75, 3.05) is 26.2 Å². The van der Waals surface area contributed by atoms with E-state index in [4.69, 9.17) is 4.74 Å². The second-order valence-corrected chi connectivity index (χ2v) is 7.02. The summed E-state index contributed by atoms with van der Waals surface area (Å²) in [6, 6.07) is 8.08. The Morgan fingerprint density at radius 3 is 2.61 bits per heavy atom. The molecule has 23 heavy (non-hydrogen) atoms. The Labute approximate surface area is 145 Å². The highest BCUT2D eigenvalue weighted by atomic mass is 35.5. The zero-order chi connectivity index (χ0) is 16.0. The van der Waals surface area contributed by atoms with E-state index in [9.17, 15) is 4.79 Å². The van der Waals surface area contributed by atoms with E-state index >= 15 is 0 Å². The van der Waals surface area contributed by atoms with Crippen LogP contribution >= 0.6 is 12.4 Å². The zero-order valence-corrected chi connectivity index (χ0v) is 15.2. The maximum absolute atomic E-state index is 11.7. The number of hydrogen-bond donors (Lipinski definition) is 2. The van der Waals surface area contributed by atoms with Gasteiger partial charge in [0.15, 0.2) is 0 Å². The fourth-order valence-corrected chi connectivity index (χ4v) is 2.34. The maximum atomic E-state index is 11.7. The van der Waals surface area contributed by atoms with E-state index in [0.717, 1.165) is 18.2 Å². The molecule has 0 aliphatic heterocycles. The molecule has 5 heteroatoms. The van der Waals surface area contributed by atoms with Crippen LogP contribution in [0.4, 0.5) is 0 Å². The summed E-state index contributed by atoms with van der Waals surface area (Å²) in [5, 5.41) is 6.06. The van der Waals surface area contributed by atoms with Crippen molar-refractivity contribution in [3.05, 3.63) is 29.8 Å². The van der Waals surface area contributed by atoms with Crippen LogP contribution in [0.2, 0.25) is 0 Å². The average molecular weight is 341 g/mol. The van der Waals surface area contributed by atoms with Crippen molar-refractivity contribution >= 4 is 18.3 Å². The molecule has 2 N–H and O–H groups in total. The molecular formula is C18H29ClN2O2. The standard InChI is InChI=1S/C18H28N2O2.ClH/c1-18(2,3)15-6-4-5-7-16(15)22-11-10-20-17(21)13-19-12-14-8-9-14;/h4-7,14,19H,8-13H2,1-3H3,(H,20,21);1H. The fourth-order valence-electron chi connectivity index (χ4n) is 2.34. The van der Waals surface area contributed by atoms with E-state index in [1.807, 2.05) is 18.2 Å². The maximum Gasteiger partial charge on any atom is 0.234 e. The predicted molar refractivity (Wildman–Crippen MR) is 96.5 cm³/mol. The Kier molecular flexibility index (Phi) is 7.86. The van der Waals surface area contributed by atoms with Gasteiger partial charge in [0.25, 0.3) is 0 Å². The smallest absolute Gasteiger partial charge is 0.234 e. The third-order valence-corrected chi connectivity index (χ3v) is 3.79. The molecule has 0 bridgehead atoms. The third kappa shape index (κ3) is 7.23. The first-order chi connectivity index (χ1) is 10.5. The second kappa shape index (κ2) is 9.14. The molecule has 0 aromatic heterocycles. The van der Waals surface area contributed by atoms with Crippen LogP contribution in [0, 0.1) is 5.92 Å². The van der Waals surface area contributed by atoms with Gasteiger partial charge >= 0.3 is 0 Å². The van der Waals surface area contributed by atoms with Gasteiger partial charge in [-0.1, -0.05) is 39.0 Å². The lowest BCUT2D eigenvalue weighted by Crippen LogP contribution is -2.36. The first-order valence-corrected chi connectivity index (χ1v) is 8.16. The molecule has 130 valence electrons.